The number of rotatable bonds is 4. The van der Waals surface area contributed by atoms with E-state index in [9.17, 15) is 4.79 Å². The van der Waals surface area contributed by atoms with Crippen LogP contribution in [0.3, 0.4) is 0 Å². The van der Waals surface area contributed by atoms with Gasteiger partial charge in [-0.1, -0.05) is 17.7 Å². The minimum absolute atomic E-state index is 0.120. The van der Waals surface area contributed by atoms with Crippen LogP contribution >= 0.6 is 11.6 Å². The van der Waals surface area contributed by atoms with Gasteiger partial charge in [-0.25, -0.2) is 9.97 Å². The first kappa shape index (κ1) is 20.4. The number of carbonyl (C=O) groups is 1. The second kappa shape index (κ2) is 7.71. The van der Waals surface area contributed by atoms with Gasteiger partial charge in [-0.15, -0.1) is 0 Å². The van der Waals surface area contributed by atoms with Crippen LogP contribution in [0.5, 0.6) is 0 Å². The highest BCUT2D eigenvalue weighted by Gasteiger charge is 2.39. The van der Waals surface area contributed by atoms with Crippen LogP contribution in [0.15, 0.2) is 30.7 Å². The fraction of sp³-hybridized carbons (Fsp3) is 0.391. The van der Waals surface area contributed by atoms with Crippen LogP contribution in [-0.4, -0.2) is 56.3 Å². The fourth-order valence-electron chi connectivity index (χ4n) is 5.29. The maximum Gasteiger partial charge on any atom is 0.241 e. The third-order valence-electron chi connectivity index (χ3n) is 7.10. The average Bonchev–Trinajstić information content (AvgIpc) is 3.43. The van der Waals surface area contributed by atoms with Gasteiger partial charge in [-0.2, -0.15) is 5.10 Å². The third-order valence-corrected chi connectivity index (χ3v) is 7.51. The molecule has 1 amide bonds. The molecule has 1 aliphatic carbocycles. The van der Waals surface area contributed by atoms with Crippen LogP contribution in [-0.2, 0) is 11.3 Å². The van der Waals surface area contributed by atoms with Crippen LogP contribution in [0.4, 0.5) is 5.82 Å². The molecule has 4 N–H and O–H groups in total. The Balaban J connectivity index is 1.35. The van der Waals surface area contributed by atoms with E-state index in [-0.39, 0.29) is 12.5 Å². The van der Waals surface area contributed by atoms with E-state index in [1.807, 2.05) is 24.5 Å². The van der Waals surface area contributed by atoms with Crippen LogP contribution < -0.4 is 16.0 Å². The number of nitrogens with two attached hydrogens (primary N) is 1. The van der Waals surface area contributed by atoms with Crippen molar-refractivity contribution >= 4 is 45.4 Å². The molecule has 3 aliphatic rings. The SMILES string of the molecule is CNC(=O)Cn1cc2c(Cl)c(-c3c[nH]c4nc(N5CC6CC[C@H]5C[C@@H]6N)cnc34)ccc2n1. The molecule has 10 heteroatoms. The standard InChI is InChI=1S/C23H25ClN8O/c1-26-20(33)11-31-10-16-18(30-31)5-4-14(21(16)24)15-7-28-23-22(15)27-8-19(29-23)32-9-12-2-3-13(32)6-17(12)25/h4-5,7-8,10,12-13,17H,2-3,6,9,11,25H2,1H3,(H,26,33)(H,28,29)/t12?,13-,17-/m0/s1. The minimum atomic E-state index is -0.120. The summed E-state index contributed by atoms with van der Waals surface area (Å²) in [6.45, 7) is 1.09. The number of piperidine rings is 2. The van der Waals surface area contributed by atoms with Crippen molar-refractivity contribution in [3.8, 4) is 11.1 Å². The lowest BCUT2D eigenvalue weighted by atomic mass is 9.76. The van der Waals surface area contributed by atoms with Crippen molar-refractivity contribution in [2.75, 3.05) is 18.5 Å². The summed E-state index contributed by atoms with van der Waals surface area (Å²) in [6.07, 6.45) is 8.94. The zero-order valence-corrected chi connectivity index (χ0v) is 19.0. The number of nitrogens with zero attached hydrogens (tertiary/aromatic N) is 5. The van der Waals surface area contributed by atoms with Gasteiger partial charge in [0.15, 0.2) is 5.65 Å². The maximum absolute atomic E-state index is 11.7. The van der Waals surface area contributed by atoms with Crippen molar-refractivity contribution in [3.63, 3.8) is 0 Å². The Morgan fingerprint density at radius 3 is 2.97 bits per heavy atom. The number of nitrogens with one attached hydrogen (secondary N) is 2. The molecular formula is C23H25ClN8O. The van der Waals surface area contributed by atoms with Gasteiger partial charge in [0, 0.05) is 54.6 Å². The third kappa shape index (κ3) is 3.34. The lowest BCUT2D eigenvalue weighted by Gasteiger charge is -2.48. The number of carbonyl (C=O) groups excluding carboxylic acids is 1. The highest BCUT2D eigenvalue weighted by atomic mass is 35.5. The molecule has 2 saturated heterocycles. The fourth-order valence-corrected chi connectivity index (χ4v) is 5.60. The molecule has 33 heavy (non-hydrogen) atoms. The predicted molar refractivity (Wildman–Crippen MR) is 128 cm³/mol. The van der Waals surface area contributed by atoms with E-state index in [4.69, 9.17) is 27.3 Å². The summed E-state index contributed by atoms with van der Waals surface area (Å²) in [7, 11) is 1.60. The molecule has 1 unspecified atom stereocenters. The number of fused-ring (bicyclic) bond motifs is 5. The number of likely N-dealkylation sites (N-methyl/N-ethyl adjacent to an activating group) is 1. The molecule has 1 saturated carbocycles. The number of aromatic nitrogens is 5. The van der Waals surface area contributed by atoms with Crippen LogP contribution in [0.2, 0.25) is 5.02 Å². The molecule has 0 radical (unpaired) electrons. The number of anilines is 1. The monoisotopic (exact) mass is 464 g/mol. The number of H-pyrrole nitrogens is 1. The van der Waals surface area contributed by atoms with Gasteiger partial charge in [0.1, 0.15) is 17.9 Å². The van der Waals surface area contributed by atoms with Crippen molar-refractivity contribution in [2.24, 2.45) is 11.7 Å². The average molecular weight is 465 g/mol. The smallest absolute Gasteiger partial charge is 0.241 e. The van der Waals surface area contributed by atoms with Crippen molar-refractivity contribution in [1.82, 2.24) is 30.0 Å². The molecule has 5 heterocycles. The van der Waals surface area contributed by atoms with Gasteiger partial charge in [-0.05, 0) is 31.2 Å². The highest BCUT2D eigenvalue weighted by molar-refractivity contribution is 6.38. The van der Waals surface area contributed by atoms with E-state index in [1.54, 1.807) is 17.9 Å². The molecule has 0 spiro atoms. The van der Waals surface area contributed by atoms with Crippen molar-refractivity contribution in [3.05, 3.63) is 35.7 Å². The zero-order valence-electron chi connectivity index (χ0n) is 18.3. The molecule has 3 atom stereocenters. The number of hydrogen-bond acceptors (Lipinski definition) is 6. The quantitative estimate of drug-likeness (QED) is 0.427. The number of halogens is 1. The van der Waals surface area contributed by atoms with E-state index < -0.39 is 0 Å². The second-order valence-electron chi connectivity index (χ2n) is 9.03. The summed E-state index contributed by atoms with van der Waals surface area (Å²) in [5, 5.41) is 8.42. The summed E-state index contributed by atoms with van der Waals surface area (Å²) < 4.78 is 1.60. The Hall–Kier alpha value is -3.17. The predicted octanol–water partition coefficient (Wildman–Crippen LogP) is 2.69. The lowest BCUT2D eigenvalue weighted by molar-refractivity contribution is -0.121. The Labute approximate surface area is 195 Å². The van der Waals surface area contributed by atoms with Gasteiger partial charge >= 0.3 is 0 Å². The molecule has 1 aromatic carbocycles. The topological polar surface area (TPSA) is 118 Å². The van der Waals surface area contributed by atoms with E-state index in [2.05, 4.69) is 20.3 Å². The molecule has 3 fully saturated rings. The van der Waals surface area contributed by atoms with Gasteiger partial charge < -0.3 is 20.9 Å². The molecule has 3 aromatic heterocycles. The van der Waals surface area contributed by atoms with Gasteiger partial charge in [0.05, 0.1) is 16.7 Å². The summed E-state index contributed by atoms with van der Waals surface area (Å²) in [5.74, 6) is 1.31. The molecule has 2 aliphatic heterocycles. The maximum atomic E-state index is 11.7. The second-order valence-corrected chi connectivity index (χ2v) is 9.41. The Bertz CT molecular complexity index is 1380. The van der Waals surface area contributed by atoms with E-state index >= 15 is 0 Å². The molecule has 4 aromatic rings. The number of amides is 1. The number of aromatic amines is 1. The van der Waals surface area contributed by atoms with Crippen molar-refractivity contribution < 1.29 is 4.79 Å². The molecule has 170 valence electrons. The van der Waals surface area contributed by atoms with Gasteiger partial charge in [0.25, 0.3) is 0 Å². The summed E-state index contributed by atoms with van der Waals surface area (Å²) in [6, 6.07) is 4.58. The largest absolute Gasteiger partial charge is 0.358 e. The normalized spacial score (nSPS) is 22.4. The van der Waals surface area contributed by atoms with E-state index in [0.717, 1.165) is 58.4 Å². The molecule has 7 rings (SSSR count). The Morgan fingerprint density at radius 2 is 2.21 bits per heavy atom. The first-order chi connectivity index (χ1) is 16.0. The lowest BCUT2D eigenvalue weighted by Crippen LogP contribution is -2.57. The van der Waals surface area contributed by atoms with Crippen molar-refractivity contribution in [1.29, 1.82) is 0 Å². The first-order valence-corrected chi connectivity index (χ1v) is 11.6. The summed E-state index contributed by atoms with van der Waals surface area (Å²) in [4.78, 5) is 27.0. The van der Waals surface area contributed by atoms with Crippen LogP contribution in [0.25, 0.3) is 33.2 Å². The number of benzene rings is 1. The van der Waals surface area contributed by atoms with Crippen molar-refractivity contribution in [2.45, 2.75) is 37.9 Å². The highest BCUT2D eigenvalue weighted by Crippen LogP contribution is 2.39. The Kier molecular flexibility index (Phi) is 4.77. The van der Waals surface area contributed by atoms with Crippen LogP contribution in [0, 0.1) is 5.92 Å². The van der Waals surface area contributed by atoms with Gasteiger partial charge in [-0.3, -0.25) is 9.48 Å². The van der Waals surface area contributed by atoms with E-state index in [0.29, 0.717) is 23.0 Å². The van der Waals surface area contributed by atoms with Crippen LogP contribution in [0.1, 0.15) is 19.3 Å². The summed E-state index contributed by atoms with van der Waals surface area (Å²) in [5.41, 5.74) is 10.3. The first-order valence-electron chi connectivity index (χ1n) is 11.2. The Morgan fingerprint density at radius 1 is 1.33 bits per heavy atom. The molecule has 2 bridgehead atoms. The summed E-state index contributed by atoms with van der Waals surface area (Å²) >= 11 is 6.79. The minimum Gasteiger partial charge on any atom is -0.358 e. The molecular weight excluding hydrogens is 440 g/mol. The zero-order chi connectivity index (χ0) is 22.7. The van der Waals surface area contributed by atoms with E-state index in [1.165, 1.54) is 6.42 Å². The molecule has 9 nitrogen and oxygen atoms in total. The van der Waals surface area contributed by atoms with Gasteiger partial charge in [0.2, 0.25) is 5.91 Å². The number of hydrogen-bond donors (Lipinski definition) is 3.